The predicted molar refractivity (Wildman–Crippen MR) is 100 cm³/mol. The lowest BCUT2D eigenvalue weighted by Gasteiger charge is -2.33. The molecular formula is C19H24BrN2O2+. The third-order valence-electron chi connectivity index (χ3n) is 4.58. The first-order chi connectivity index (χ1) is 11.7. The van der Waals surface area contributed by atoms with Gasteiger partial charge in [0.2, 0.25) is 0 Å². The van der Waals surface area contributed by atoms with Gasteiger partial charge in [0.15, 0.2) is 0 Å². The van der Waals surface area contributed by atoms with Gasteiger partial charge in [-0.05, 0) is 58.4 Å². The molecule has 0 spiro atoms. The smallest absolute Gasteiger partial charge is 0.133 e. The van der Waals surface area contributed by atoms with Gasteiger partial charge in [-0.2, -0.15) is 0 Å². The molecule has 0 amide bonds. The van der Waals surface area contributed by atoms with E-state index < -0.39 is 0 Å². The van der Waals surface area contributed by atoms with Crippen molar-refractivity contribution in [1.82, 2.24) is 0 Å². The number of piperazine rings is 1. The lowest BCUT2D eigenvalue weighted by molar-refractivity contribution is -0.914. The van der Waals surface area contributed by atoms with E-state index in [-0.39, 0.29) is 0 Å². The van der Waals surface area contributed by atoms with E-state index in [0.29, 0.717) is 0 Å². The summed E-state index contributed by atoms with van der Waals surface area (Å²) in [6.07, 6.45) is 0. The summed E-state index contributed by atoms with van der Waals surface area (Å²) < 4.78 is 11.6. The second-order valence-corrected chi connectivity index (χ2v) is 6.94. The number of hydrogen-bond donors (Lipinski definition) is 1. The van der Waals surface area contributed by atoms with Crippen molar-refractivity contribution in [2.45, 2.75) is 6.54 Å². The number of rotatable bonds is 5. The Hall–Kier alpha value is -1.72. The number of quaternary nitrogens is 1. The van der Waals surface area contributed by atoms with Gasteiger partial charge < -0.3 is 19.3 Å². The second-order valence-electron chi connectivity index (χ2n) is 6.08. The molecule has 1 aliphatic heterocycles. The van der Waals surface area contributed by atoms with Gasteiger partial charge in [0.05, 0.1) is 44.9 Å². The minimum Gasteiger partial charge on any atom is -0.497 e. The summed E-state index contributed by atoms with van der Waals surface area (Å²) in [5.74, 6) is 1.80. The normalized spacial score (nSPS) is 15.4. The molecule has 0 radical (unpaired) electrons. The average molecular weight is 392 g/mol. The van der Waals surface area contributed by atoms with Crippen molar-refractivity contribution < 1.29 is 14.4 Å². The molecule has 3 rings (SSSR count). The van der Waals surface area contributed by atoms with Gasteiger partial charge in [0.1, 0.15) is 18.0 Å². The van der Waals surface area contributed by atoms with Gasteiger partial charge in [-0.3, -0.25) is 0 Å². The molecule has 1 N–H and O–H groups in total. The molecule has 0 unspecified atom stereocenters. The predicted octanol–water partition coefficient (Wildman–Crippen LogP) is 2.37. The topological polar surface area (TPSA) is 26.1 Å². The highest BCUT2D eigenvalue weighted by atomic mass is 79.9. The van der Waals surface area contributed by atoms with Crippen LogP contribution in [0.4, 0.5) is 5.69 Å². The third kappa shape index (κ3) is 4.02. The fourth-order valence-electron chi connectivity index (χ4n) is 3.16. The zero-order valence-corrected chi connectivity index (χ0v) is 15.8. The Kier molecular flexibility index (Phi) is 5.63. The van der Waals surface area contributed by atoms with Gasteiger partial charge in [0, 0.05) is 11.3 Å². The molecule has 1 aliphatic rings. The lowest BCUT2D eigenvalue weighted by atomic mass is 10.2. The van der Waals surface area contributed by atoms with Crippen LogP contribution in [-0.4, -0.2) is 40.4 Å². The van der Waals surface area contributed by atoms with Gasteiger partial charge in [-0.1, -0.05) is 0 Å². The van der Waals surface area contributed by atoms with E-state index in [1.165, 1.54) is 11.3 Å². The first kappa shape index (κ1) is 17.1. The maximum absolute atomic E-state index is 5.30. The molecule has 4 nitrogen and oxygen atoms in total. The number of nitrogens with one attached hydrogen (secondary N) is 1. The Morgan fingerprint density at radius 3 is 2.29 bits per heavy atom. The van der Waals surface area contributed by atoms with E-state index >= 15 is 0 Å². The fourth-order valence-corrected chi connectivity index (χ4v) is 3.75. The Bertz CT molecular complexity index is 668. The van der Waals surface area contributed by atoms with Crippen LogP contribution in [0.1, 0.15) is 5.56 Å². The Balaban J connectivity index is 1.55. The Morgan fingerprint density at radius 2 is 1.71 bits per heavy atom. The minimum absolute atomic E-state index is 0.887. The van der Waals surface area contributed by atoms with E-state index in [1.54, 1.807) is 19.1 Å². The summed E-state index contributed by atoms with van der Waals surface area (Å²) in [4.78, 5) is 4.07. The number of benzene rings is 2. The highest BCUT2D eigenvalue weighted by Crippen LogP contribution is 2.25. The van der Waals surface area contributed by atoms with Gasteiger partial charge in [0.25, 0.3) is 0 Å². The summed E-state index contributed by atoms with van der Waals surface area (Å²) in [7, 11) is 3.40. The summed E-state index contributed by atoms with van der Waals surface area (Å²) in [5.41, 5.74) is 2.62. The second kappa shape index (κ2) is 7.90. The van der Waals surface area contributed by atoms with Crippen molar-refractivity contribution in [3.63, 3.8) is 0 Å². The summed E-state index contributed by atoms with van der Waals surface area (Å²) in [6, 6.07) is 14.7. The number of hydrogen-bond acceptors (Lipinski definition) is 3. The van der Waals surface area contributed by atoms with Crippen LogP contribution in [0.25, 0.3) is 0 Å². The highest BCUT2D eigenvalue weighted by molar-refractivity contribution is 9.10. The summed E-state index contributed by atoms with van der Waals surface area (Å²) in [6.45, 7) is 5.52. The maximum Gasteiger partial charge on any atom is 0.133 e. The lowest BCUT2D eigenvalue weighted by Crippen LogP contribution is -3.13. The number of halogens is 1. The van der Waals surface area contributed by atoms with Crippen molar-refractivity contribution in [3.05, 3.63) is 52.5 Å². The molecule has 5 heteroatoms. The number of methoxy groups -OCH3 is 2. The summed E-state index contributed by atoms with van der Waals surface area (Å²) >= 11 is 3.57. The van der Waals surface area contributed by atoms with Crippen LogP contribution < -0.4 is 19.3 Å². The van der Waals surface area contributed by atoms with E-state index in [2.05, 4.69) is 45.1 Å². The standard InChI is InChI=1S/C19H23BrN2O2/c1-23-17-6-4-16(5-7-17)22-11-9-21(10-12-22)14-15-3-8-19(24-2)18(20)13-15/h3-8,13H,9-12,14H2,1-2H3/p+1. The van der Waals surface area contributed by atoms with Crippen LogP contribution >= 0.6 is 15.9 Å². The fraction of sp³-hybridized carbons (Fsp3) is 0.368. The molecule has 0 bridgehead atoms. The SMILES string of the molecule is COc1ccc(N2CC[NH+](Cc3ccc(OC)c(Br)c3)CC2)cc1. The number of nitrogens with zero attached hydrogens (tertiary/aromatic N) is 1. The maximum atomic E-state index is 5.30. The molecule has 1 fully saturated rings. The van der Waals surface area contributed by atoms with Crippen molar-refractivity contribution in [2.75, 3.05) is 45.3 Å². The molecule has 2 aromatic rings. The molecular weight excluding hydrogens is 368 g/mol. The van der Waals surface area contributed by atoms with Crippen LogP contribution in [0.3, 0.4) is 0 Å². The quantitative estimate of drug-likeness (QED) is 0.847. The first-order valence-corrected chi connectivity index (χ1v) is 9.04. The zero-order chi connectivity index (χ0) is 16.9. The molecule has 0 saturated carbocycles. The third-order valence-corrected chi connectivity index (χ3v) is 5.20. The van der Waals surface area contributed by atoms with Crippen LogP contribution in [0.2, 0.25) is 0 Å². The van der Waals surface area contributed by atoms with E-state index in [9.17, 15) is 0 Å². The van der Waals surface area contributed by atoms with Crippen LogP contribution in [-0.2, 0) is 6.54 Å². The first-order valence-electron chi connectivity index (χ1n) is 8.24. The number of anilines is 1. The molecule has 1 saturated heterocycles. The molecule has 0 aliphatic carbocycles. The molecule has 2 aromatic carbocycles. The highest BCUT2D eigenvalue weighted by Gasteiger charge is 2.20. The van der Waals surface area contributed by atoms with Gasteiger partial charge >= 0.3 is 0 Å². The minimum atomic E-state index is 0.887. The Morgan fingerprint density at radius 1 is 1.00 bits per heavy atom. The van der Waals surface area contributed by atoms with Crippen molar-refractivity contribution in [2.24, 2.45) is 0 Å². The molecule has 0 aromatic heterocycles. The van der Waals surface area contributed by atoms with Crippen molar-refractivity contribution in [1.29, 1.82) is 0 Å². The zero-order valence-electron chi connectivity index (χ0n) is 14.2. The Labute approximate surface area is 152 Å². The summed E-state index contributed by atoms with van der Waals surface area (Å²) in [5, 5.41) is 0. The van der Waals surface area contributed by atoms with Crippen molar-refractivity contribution in [3.8, 4) is 11.5 Å². The van der Waals surface area contributed by atoms with E-state index in [4.69, 9.17) is 9.47 Å². The largest absolute Gasteiger partial charge is 0.497 e. The molecule has 1 heterocycles. The van der Waals surface area contributed by atoms with Gasteiger partial charge in [-0.15, -0.1) is 0 Å². The molecule has 128 valence electrons. The van der Waals surface area contributed by atoms with E-state index in [1.807, 2.05) is 18.2 Å². The van der Waals surface area contributed by atoms with Crippen LogP contribution in [0, 0.1) is 0 Å². The average Bonchev–Trinajstić information content (AvgIpc) is 2.63. The molecule has 24 heavy (non-hydrogen) atoms. The van der Waals surface area contributed by atoms with Crippen molar-refractivity contribution >= 4 is 21.6 Å². The molecule has 0 atom stereocenters. The number of ether oxygens (including phenoxy) is 2. The van der Waals surface area contributed by atoms with E-state index in [0.717, 1.165) is 48.7 Å². The van der Waals surface area contributed by atoms with Crippen LogP contribution in [0.5, 0.6) is 11.5 Å². The monoisotopic (exact) mass is 391 g/mol. The van der Waals surface area contributed by atoms with Gasteiger partial charge in [-0.25, -0.2) is 0 Å². The van der Waals surface area contributed by atoms with Crippen LogP contribution in [0.15, 0.2) is 46.9 Å².